The molecule has 8 nitrogen and oxygen atoms in total. The number of esters is 2. The first kappa shape index (κ1) is 26.4. The molecular formula is C27H35N3O5. The minimum atomic E-state index is -1.21. The van der Waals surface area contributed by atoms with Crippen molar-refractivity contribution in [1.29, 1.82) is 0 Å². The maximum atomic E-state index is 12.4. The molecule has 1 fully saturated rings. The Morgan fingerprint density at radius 3 is 2.31 bits per heavy atom. The second-order valence-corrected chi connectivity index (χ2v) is 8.31. The summed E-state index contributed by atoms with van der Waals surface area (Å²) in [5.41, 5.74) is 3.89. The van der Waals surface area contributed by atoms with Crippen molar-refractivity contribution in [1.82, 2.24) is 4.90 Å². The topological polar surface area (TPSA) is 80.7 Å². The van der Waals surface area contributed by atoms with Gasteiger partial charge in [-0.2, -0.15) is 0 Å². The van der Waals surface area contributed by atoms with E-state index in [2.05, 4.69) is 33.0 Å². The highest BCUT2D eigenvalue weighted by molar-refractivity contribution is 6.09. The molecule has 1 heterocycles. The van der Waals surface area contributed by atoms with Crippen molar-refractivity contribution in [3.05, 3.63) is 59.7 Å². The standard InChI is InChI=1S/C27H35N3O5/c1-4-34-26(31)23(27(32)35-5-2)18-28-24-12-11-22(20-30-13-15-33-16-14-30)17-25(24)29(3)19-21-9-7-6-8-10-21/h6-12,17-18,23H,4-5,13-16,19-20H2,1-3H3. The van der Waals surface area contributed by atoms with Crippen molar-refractivity contribution >= 4 is 29.5 Å². The molecule has 35 heavy (non-hydrogen) atoms. The van der Waals surface area contributed by atoms with Gasteiger partial charge in [0, 0.05) is 39.4 Å². The van der Waals surface area contributed by atoms with Crippen LogP contribution in [0.5, 0.6) is 0 Å². The molecule has 0 radical (unpaired) electrons. The van der Waals surface area contributed by atoms with Gasteiger partial charge in [0.05, 0.1) is 37.8 Å². The van der Waals surface area contributed by atoms with Gasteiger partial charge >= 0.3 is 11.9 Å². The zero-order valence-electron chi connectivity index (χ0n) is 20.8. The van der Waals surface area contributed by atoms with Gasteiger partial charge in [-0.15, -0.1) is 0 Å². The Bertz CT molecular complexity index is 972. The maximum Gasteiger partial charge on any atom is 0.325 e. The largest absolute Gasteiger partial charge is 0.465 e. The Morgan fingerprint density at radius 2 is 1.69 bits per heavy atom. The van der Waals surface area contributed by atoms with Crippen LogP contribution in [-0.2, 0) is 36.9 Å². The second-order valence-electron chi connectivity index (χ2n) is 8.31. The smallest absolute Gasteiger partial charge is 0.325 e. The molecule has 0 spiro atoms. The lowest BCUT2D eigenvalue weighted by atomic mass is 10.1. The summed E-state index contributed by atoms with van der Waals surface area (Å²) in [6, 6.07) is 16.3. The predicted octanol–water partition coefficient (Wildman–Crippen LogP) is 3.60. The highest BCUT2D eigenvalue weighted by Gasteiger charge is 2.28. The highest BCUT2D eigenvalue weighted by atomic mass is 16.6. The monoisotopic (exact) mass is 481 g/mol. The van der Waals surface area contributed by atoms with Crippen molar-refractivity contribution in [3.63, 3.8) is 0 Å². The first-order valence-electron chi connectivity index (χ1n) is 12.1. The number of anilines is 1. The summed E-state index contributed by atoms with van der Waals surface area (Å²) in [7, 11) is 2.01. The van der Waals surface area contributed by atoms with Crippen molar-refractivity contribution in [2.24, 2.45) is 10.9 Å². The van der Waals surface area contributed by atoms with Crippen LogP contribution in [-0.4, -0.2) is 69.6 Å². The molecule has 3 rings (SSSR count). The summed E-state index contributed by atoms with van der Waals surface area (Å²) in [5.74, 6) is -2.55. The van der Waals surface area contributed by atoms with Crippen molar-refractivity contribution < 1.29 is 23.8 Å². The molecule has 0 unspecified atom stereocenters. The normalized spacial score (nSPS) is 14.3. The summed E-state index contributed by atoms with van der Waals surface area (Å²) in [6.07, 6.45) is 1.33. The molecule has 0 N–H and O–H groups in total. The summed E-state index contributed by atoms with van der Waals surface area (Å²) in [5, 5.41) is 0. The van der Waals surface area contributed by atoms with Crippen LogP contribution in [0.2, 0.25) is 0 Å². The number of hydrogen-bond donors (Lipinski definition) is 0. The van der Waals surface area contributed by atoms with Gasteiger partial charge in [-0.3, -0.25) is 19.5 Å². The Kier molecular flexibility index (Phi) is 10.3. The van der Waals surface area contributed by atoms with E-state index in [-0.39, 0.29) is 13.2 Å². The van der Waals surface area contributed by atoms with Crippen molar-refractivity contribution in [2.45, 2.75) is 26.9 Å². The third-order valence-corrected chi connectivity index (χ3v) is 5.67. The lowest BCUT2D eigenvalue weighted by Gasteiger charge is -2.27. The van der Waals surface area contributed by atoms with E-state index in [0.717, 1.165) is 44.1 Å². The summed E-state index contributed by atoms with van der Waals surface area (Å²) >= 11 is 0. The lowest BCUT2D eigenvalue weighted by Crippen LogP contribution is -2.35. The fourth-order valence-electron chi connectivity index (χ4n) is 3.88. The van der Waals surface area contributed by atoms with E-state index in [0.29, 0.717) is 12.2 Å². The SMILES string of the molecule is CCOC(=O)C(C=Nc1ccc(CN2CCOCC2)cc1N(C)Cc1ccccc1)C(=O)OCC. The van der Waals surface area contributed by atoms with Crippen LogP contribution >= 0.6 is 0 Å². The van der Waals surface area contributed by atoms with Gasteiger partial charge in [0.25, 0.3) is 0 Å². The molecule has 0 atom stereocenters. The minimum Gasteiger partial charge on any atom is -0.465 e. The first-order valence-corrected chi connectivity index (χ1v) is 12.1. The van der Waals surface area contributed by atoms with Crippen molar-refractivity contribution in [3.8, 4) is 0 Å². The zero-order valence-corrected chi connectivity index (χ0v) is 20.8. The van der Waals surface area contributed by atoms with Crippen LogP contribution in [0.15, 0.2) is 53.5 Å². The van der Waals surface area contributed by atoms with E-state index >= 15 is 0 Å². The number of carbonyl (C=O) groups excluding carboxylic acids is 2. The Balaban J connectivity index is 1.89. The van der Waals surface area contributed by atoms with Crippen LogP contribution < -0.4 is 4.90 Å². The Hall–Kier alpha value is -3.23. The number of rotatable bonds is 11. The fourth-order valence-corrected chi connectivity index (χ4v) is 3.88. The van der Waals surface area contributed by atoms with Gasteiger partial charge in [0.1, 0.15) is 0 Å². The third-order valence-electron chi connectivity index (χ3n) is 5.67. The van der Waals surface area contributed by atoms with Gasteiger partial charge in [-0.25, -0.2) is 0 Å². The number of aliphatic imine (C=N–C) groups is 1. The van der Waals surface area contributed by atoms with Crippen LogP contribution in [0, 0.1) is 5.92 Å². The quantitative estimate of drug-likeness (QED) is 0.276. The number of hydrogen-bond acceptors (Lipinski definition) is 8. The van der Waals surface area contributed by atoms with Crippen LogP contribution in [0.3, 0.4) is 0 Å². The van der Waals surface area contributed by atoms with Gasteiger partial charge in [0.2, 0.25) is 0 Å². The molecule has 0 aromatic heterocycles. The average Bonchev–Trinajstić information content (AvgIpc) is 2.86. The van der Waals surface area contributed by atoms with E-state index < -0.39 is 17.9 Å². The molecule has 0 bridgehead atoms. The molecule has 0 aliphatic carbocycles. The second kappa shape index (κ2) is 13.6. The molecule has 1 saturated heterocycles. The molecule has 188 valence electrons. The maximum absolute atomic E-state index is 12.4. The average molecular weight is 482 g/mol. The van der Waals surface area contributed by atoms with Gasteiger partial charge in [-0.05, 0) is 37.1 Å². The number of carbonyl (C=O) groups is 2. The third kappa shape index (κ3) is 7.90. The molecule has 0 amide bonds. The first-order chi connectivity index (χ1) is 17.0. The lowest BCUT2D eigenvalue weighted by molar-refractivity contribution is -0.157. The Morgan fingerprint density at radius 1 is 1.03 bits per heavy atom. The van der Waals surface area contributed by atoms with Crippen LogP contribution in [0.1, 0.15) is 25.0 Å². The van der Waals surface area contributed by atoms with E-state index in [1.807, 2.05) is 37.4 Å². The van der Waals surface area contributed by atoms with Crippen LogP contribution in [0.25, 0.3) is 0 Å². The molecular weight excluding hydrogens is 446 g/mol. The molecule has 1 aliphatic rings. The van der Waals surface area contributed by atoms with E-state index in [1.165, 1.54) is 11.8 Å². The highest BCUT2D eigenvalue weighted by Crippen LogP contribution is 2.31. The minimum absolute atomic E-state index is 0.171. The number of ether oxygens (including phenoxy) is 3. The van der Waals surface area contributed by atoms with Crippen LogP contribution in [0.4, 0.5) is 11.4 Å². The summed E-state index contributed by atoms with van der Waals surface area (Å²) < 4.78 is 15.6. The predicted molar refractivity (Wildman–Crippen MR) is 136 cm³/mol. The molecule has 1 aliphatic heterocycles. The van der Waals surface area contributed by atoms with Gasteiger partial charge in [-0.1, -0.05) is 36.4 Å². The van der Waals surface area contributed by atoms with Crippen molar-refractivity contribution in [2.75, 3.05) is 51.5 Å². The summed E-state index contributed by atoms with van der Waals surface area (Å²) in [6.45, 7) is 8.51. The molecule has 2 aromatic rings. The zero-order chi connectivity index (χ0) is 25.0. The molecule has 2 aromatic carbocycles. The fraction of sp³-hybridized carbons (Fsp3) is 0.444. The van der Waals surface area contributed by atoms with E-state index in [4.69, 9.17) is 14.2 Å². The molecule has 8 heteroatoms. The van der Waals surface area contributed by atoms with E-state index in [1.54, 1.807) is 13.8 Å². The summed E-state index contributed by atoms with van der Waals surface area (Å²) in [4.78, 5) is 33.8. The van der Waals surface area contributed by atoms with Gasteiger partial charge in [0.15, 0.2) is 5.92 Å². The number of morpholine rings is 1. The Labute approximate surface area is 207 Å². The van der Waals surface area contributed by atoms with E-state index in [9.17, 15) is 9.59 Å². The number of benzene rings is 2. The molecule has 0 saturated carbocycles. The number of nitrogens with zero attached hydrogens (tertiary/aromatic N) is 3. The van der Waals surface area contributed by atoms with Gasteiger partial charge < -0.3 is 19.1 Å².